The number of aromatic nitrogens is 6. The average Bonchev–Trinajstić information content (AvgIpc) is 3.37. The smallest absolute Gasteiger partial charge is 0.261 e. The Kier molecular flexibility index (Phi) is 5.27. The van der Waals surface area contributed by atoms with Gasteiger partial charge in [-0.3, -0.25) is 4.79 Å². The number of nitrogens with one attached hydrogen (secondary N) is 1. The maximum absolute atomic E-state index is 14.2. The van der Waals surface area contributed by atoms with Crippen molar-refractivity contribution in [2.75, 3.05) is 5.32 Å². The van der Waals surface area contributed by atoms with Gasteiger partial charge in [-0.15, -0.1) is 0 Å². The van der Waals surface area contributed by atoms with E-state index in [1.54, 1.807) is 36.0 Å². The topological polar surface area (TPSA) is 90.5 Å². The van der Waals surface area contributed by atoms with Gasteiger partial charge in [-0.25, -0.2) is 19.0 Å². The first kappa shape index (κ1) is 21.0. The molecule has 2 aromatic carbocycles. The maximum atomic E-state index is 14.2. The summed E-state index contributed by atoms with van der Waals surface area (Å²) in [7, 11) is 0. The van der Waals surface area contributed by atoms with Gasteiger partial charge in [-0.2, -0.15) is 14.9 Å². The highest BCUT2D eigenvalue weighted by molar-refractivity contribution is 6.34. The fourth-order valence-electron chi connectivity index (χ4n) is 3.42. The molecule has 8 nitrogen and oxygen atoms in total. The van der Waals surface area contributed by atoms with E-state index in [0.717, 1.165) is 5.69 Å². The Labute approximate surface area is 196 Å². The second-order valence-corrected chi connectivity index (χ2v) is 7.94. The monoisotopic (exact) mass is 481 g/mol. The summed E-state index contributed by atoms with van der Waals surface area (Å²) in [5.41, 5.74) is 1.65. The first-order valence-electron chi connectivity index (χ1n) is 9.69. The highest BCUT2D eigenvalue weighted by Crippen LogP contribution is 2.26. The van der Waals surface area contributed by atoms with E-state index >= 15 is 0 Å². The molecule has 5 aromatic rings. The number of rotatable bonds is 4. The lowest BCUT2D eigenvalue weighted by molar-refractivity contribution is 0.102. The summed E-state index contributed by atoms with van der Waals surface area (Å²) in [6, 6.07) is 12.8. The minimum Gasteiger partial charge on any atom is -0.306 e. The molecule has 0 bridgehead atoms. The summed E-state index contributed by atoms with van der Waals surface area (Å²) >= 11 is 12.0. The van der Waals surface area contributed by atoms with Crippen molar-refractivity contribution in [3.05, 3.63) is 88.2 Å². The first-order chi connectivity index (χ1) is 15.9. The van der Waals surface area contributed by atoms with Crippen LogP contribution in [-0.4, -0.2) is 35.4 Å². The van der Waals surface area contributed by atoms with Crippen molar-refractivity contribution in [3.63, 3.8) is 0 Å². The largest absolute Gasteiger partial charge is 0.306 e. The molecule has 3 aromatic heterocycles. The molecule has 0 atom stereocenters. The van der Waals surface area contributed by atoms with Crippen LogP contribution in [-0.2, 0) is 0 Å². The van der Waals surface area contributed by atoms with E-state index in [0.29, 0.717) is 27.6 Å². The van der Waals surface area contributed by atoms with Crippen LogP contribution < -0.4 is 5.32 Å². The number of benzene rings is 2. The summed E-state index contributed by atoms with van der Waals surface area (Å²) in [5.74, 6) is -0.753. The summed E-state index contributed by atoms with van der Waals surface area (Å²) in [6.07, 6.45) is 2.98. The molecular formula is C22H14Cl2FN7O. The zero-order valence-electron chi connectivity index (χ0n) is 17.0. The fraction of sp³-hybridized carbons (Fsp3) is 0.0455. The molecule has 11 heteroatoms. The third-order valence-electron chi connectivity index (χ3n) is 4.88. The molecule has 0 saturated carbocycles. The highest BCUT2D eigenvalue weighted by atomic mass is 35.5. The van der Waals surface area contributed by atoms with Crippen LogP contribution in [0.15, 0.2) is 61.1 Å². The van der Waals surface area contributed by atoms with E-state index in [1.165, 1.54) is 29.2 Å². The van der Waals surface area contributed by atoms with Crippen molar-refractivity contribution in [2.45, 2.75) is 6.92 Å². The lowest BCUT2D eigenvalue weighted by atomic mass is 10.2. The van der Waals surface area contributed by atoms with E-state index in [2.05, 4.69) is 25.5 Å². The van der Waals surface area contributed by atoms with Gasteiger partial charge in [0.15, 0.2) is 11.5 Å². The van der Waals surface area contributed by atoms with Crippen molar-refractivity contribution in [2.24, 2.45) is 0 Å². The molecule has 0 radical (unpaired) electrons. The van der Waals surface area contributed by atoms with Crippen LogP contribution in [0.3, 0.4) is 0 Å². The Morgan fingerprint density at radius 3 is 2.61 bits per heavy atom. The summed E-state index contributed by atoms with van der Waals surface area (Å²) in [4.78, 5) is 21.5. The molecule has 5 rings (SSSR count). The van der Waals surface area contributed by atoms with E-state index in [1.807, 2.05) is 12.1 Å². The van der Waals surface area contributed by atoms with Crippen LogP contribution in [0.5, 0.6) is 0 Å². The lowest BCUT2D eigenvalue weighted by Gasteiger charge is -2.10. The minimum absolute atomic E-state index is 0.00366. The van der Waals surface area contributed by atoms with Crippen molar-refractivity contribution in [3.8, 4) is 11.5 Å². The third-order valence-corrected chi connectivity index (χ3v) is 5.45. The normalized spacial score (nSPS) is 11.2. The van der Waals surface area contributed by atoms with Crippen LogP contribution in [0.2, 0.25) is 10.0 Å². The Morgan fingerprint density at radius 1 is 1.06 bits per heavy atom. The molecule has 3 heterocycles. The second kappa shape index (κ2) is 8.27. The molecular weight excluding hydrogens is 468 g/mol. The minimum atomic E-state index is -0.726. The number of anilines is 1. The second-order valence-electron chi connectivity index (χ2n) is 7.10. The number of nitrogens with zero attached hydrogens (tertiary/aromatic N) is 6. The van der Waals surface area contributed by atoms with Crippen LogP contribution >= 0.6 is 23.2 Å². The molecule has 0 spiro atoms. The number of hydrogen-bond acceptors (Lipinski definition) is 5. The Morgan fingerprint density at radius 2 is 1.85 bits per heavy atom. The number of aryl methyl sites for hydroxylation is 1. The van der Waals surface area contributed by atoms with Crippen molar-refractivity contribution >= 4 is 46.0 Å². The first-order valence-corrected chi connectivity index (χ1v) is 10.4. The van der Waals surface area contributed by atoms with E-state index in [-0.39, 0.29) is 16.4 Å². The molecule has 0 saturated heterocycles. The number of carbonyl (C=O) groups excluding carboxylic acids is 1. The Balaban J connectivity index is 1.58. The predicted octanol–water partition coefficient (Wildman–Crippen LogP) is 5.01. The number of fused-ring (bicyclic) bond motifs is 1. The number of hydrogen-bond donors (Lipinski definition) is 1. The van der Waals surface area contributed by atoms with E-state index in [4.69, 9.17) is 23.2 Å². The van der Waals surface area contributed by atoms with Gasteiger partial charge in [0.05, 0.1) is 33.6 Å². The summed E-state index contributed by atoms with van der Waals surface area (Å²) in [6.45, 7) is 1.76. The number of carbonyl (C=O) groups is 1. The SMILES string of the molecule is Cc1cc(NC(=O)c2c(F)cccc2Cl)n(-c2ncnc3c2cnn3-c2ccc(Cl)cc2)n1. The summed E-state index contributed by atoms with van der Waals surface area (Å²) in [5, 5.41) is 12.7. The molecule has 33 heavy (non-hydrogen) atoms. The van der Waals surface area contributed by atoms with Crippen LogP contribution in [0.25, 0.3) is 22.5 Å². The summed E-state index contributed by atoms with van der Waals surface area (Å²) < 4.78 is 17.3. The van der Waals surface area contributed by atoms with Crippen molar-refractivity contribution < 1.29 is 9.18 Å². The lowest BCUT2D eigenvalue weighted by Crippen LogP contribution is -2.17. The van der Waals surface area contributed by atoms with Gasteiger partial charge in [0.2, 0.25) is 0 Å². The molecule has 0 unspecified atom stereocenters. The predicted molar refractivity (Wildman–Crippen MR) is 123 cm³/mol. The molecule has 164 valence electrons. The highest BCUT2D eigenvalue weighted by Gasteiger charge is 2.21. The quantitative estimate of drug-likeness (QED) is 0.389. The van der Waals surface area contributed by atoms with Gasteiger partial charge in [0.25, 0.3) is 5.91 Å². The van der Waals surface area contributed by atoms with Gasteiger partial charge in [-0.1, -0.05) is 29.3 Å². The molecule has 0 aliphatic carbocycles. The standard InChI is InChI=1S/C22H14Cl2FN7O/c1-12-9-18(29-22(33)19-16(24)3-2-4-17(19)25)32(30-12)21-15-10-28-31(20(15)26-11-27-21)14-7-5-13(23)6-8-14/h2-11H,1H3,(H,29,33). The molecule has 0 aliphatic rings. The van der Waals surface area contributed by atoms with Gasteiger partial charge in [0.1, 0.15) is 18.0 Å². The fourth-order valence-corrected chi connectivity index (χ4v) is 3.79. The third kappa shape index (κ3) is 3.81. The zero-order valence-corrected chi connectivity index (χ0v) is 18.5. The van der Waals surface area contributed by atoms with Crippen molar-refractivity contribution in [1.82, 2.24) is 29.5 Å². The molecule has 1 N–H and O–H groups in total. The van der Waals surface area contributed by atoms with E-state index < -0.39 is 11.7 Å². The number of halogens is 3. The van der Waals surface area contributed by atoms with Gasteiger partial charge < -0.3 is 5.32 Å². The molecule has 0 aliphatic heterocycles. The number of amides is 1. The Bertz CT molecular complexity index is 1490. The van der Waals surface area contributed by atoms with E-state index in [9.17, 15) is 9.18 Å². The maximum Gasteiger partial charge on any atom is 0.261 e. The van der Waals surface area contributed by atoms with Gasteiger partial charge in [-0.05, 0) is 43.3 Å². The van der Waals surface area contributed by atoms with Crippen LogP contribution in [0.4, 0.5) is 10.2 Å². The van der Waals surface area contributed by atoms with Crippen LogP contribution in [0, 0.1) is 12.7 Å². The van der Waals surface area contributed by atoms with Gasteiger partial charge >= 0.3 is 0 Å². The van der Waals surface area contributed by atoms with Crippen LogP contribution in [0.1, 0.15) is 16.1 Å². The molecule has 0 fully saturated rings. The molecule has 1 amide bonds. The average molecular weight is 482 g/mol. The zero-order chi connectivity index (χ0) is 23.1. The van der Waals surface area contributed by atoms with Gasteiger partial charge in [0, 0.05) is 11.1 Å². The Hall–Kier alpha value is -3.82. The van der Waals surface area contributed by atoms with Crippen molar-refractivity contribution in [1.29, 1.82) is 0 Å².